The monoisotopic (exact) mass is 270 g/mol. The van der Waals surface area contributed by atoms with Crippen molar-refractivity contribution in [1.82, 2.24) is 0 Å². The van der Waals surface area contributed by atoms with E-state index < -0.39 is 0 Å². The minimum Gasteiger partial charge on any atom is -0.378 e. The van der Waals surface area contributed by atoms with Crippen LogP contribution in [0.3, 0.4) is 0 Å². The number of hydrogen-bond acceptors (Lipinski definition) is 4. The molecule has 3 heterocycles. The van der Waals surface area contributed by atoms with Crippen molar-refractivity contribution in [3.8, 4) is 0 Å². The Morgan fingerprint density at radius 3 is 2.89 bits per heavy atom. The molecule has 0 bridgehead atoms. The van der Waals surface area contributed by atoms with Crippen molar-refractivity contribution >= 4 is 17.5 Å². The Bertz CT molecular complexity index is 330. The van der Waals surface area contributed by atoms with E-state index in [1.165, 1.54) is 6.42 Å². The van der Waals surface area contributed by atoms with Crippen LogP contribution in [0, 0.1) is 5.92 Å². The summed E-state index contributed by atoms with van der Waals surface area (Å²) in [5.74, 6) is 1.80. The molecular formula is C14H22O3S. The van der Waals surface area contributed by atoms with Crippen LogP contribution in [0.4, 0.5) is 0 Å². The molecule has 3 unspecified atom stereocenters. The molecule has 3 saturated heterocycles. The van der Waals surface area contributed by atoms with Gasteiger partial charge in [-0.2, -0.15) is 0 Å². The SMILES string of the molecule is CC1(C(=O)C2CCOC3(CCOC3)C2)CCCS1. The number of thioether (sulfide) groups is 1. The molecule has 0 aromatic rings. The molecule has 3 aliphatic heterocycles. The summed E-state index contributed by atoms with van der Waals surface area (Å²) in [7, 11) is 0. The average Bonchev–Trinajstić information content (AvgIpc) is 2.99. The van der Waals surface area contributed by atoms with E-state index in [1.54, 1.807) is 0 Å². The molecule has 0 N–H and O–H groups in total. The highest BCUT2D eigenvalue weighted by molar-refractivity contribution is 8.01. The van der Waals surface area contributed by atoms with Gasteiger partial charge >= 0.3 is 0 Å². The first-order valence-corrected chi connectivity index (χ1v) is 8.02. The second kappa shape index (κ2) is 4.80. The fourth-order valence-corrected chi connectivity index (χ4v) is 4.86. The smallest absolute Gasteiger partial charge is 0.151 e. The van der Waals surface area contributed by atoms with Crippen molar-refractivity contribution in [2.24, 2.45) is 5.92 Å². The normalized spacial score (nSPS) is 44.6. The second-order valence-electron chi connectivity index (χ2n) is 6.07. The molecule has 1 spiro atoms. The molecule has 0 amide bonds. The van der Waals surface area contributed by atoms with Crippen molar-refractivity contribution in [3.05, 3.63) is 0 Å². The maximum atomic E-state index is 12.7. The van der Waals surface area contributed by atoms with Crippen LogP contribution >= 0.6 is 11.8 Å². The first-order chi connectivity index (χ1) is 8.64. The topological polar surface area (TPSA) is 35.5 Å². The van der Waals surface area contributed by atoms with E-state index in [9.17, 15) is 4.79 Å². The van der Waals surface area contributed by atoms with Gasteiger partial charge < -0.3 is 9.47 Å². The van der Waals surface area contributed by atoms with E-state index in [4.69, 9.17) is 9.47 Å². The van der Waals surface area contributed by atoms with Crippen LogP contribution in [-0.4, -0.2) is 41.7 Å². The summed E-state index contributed by atoms with van der Waals surface area (Å²) in [5.41, 5.74) is -0.141. The van der Waals surface area contributed by atoms with Crippen LogP contribution in [0.25, 0.3) is 0 Å². The van der Waals surface area contributed by atoms with Gasteiger partial charge in [0.2, 0.25) is 0 Å². The minimum absolute atomic E-state index is 0.122. The summed E-state index contributed by atoms with van der Waals surface area (Å²) in [6.45, 7) is 4.33. The van der Waals surface area contributed by atoms with Gasteiger partial charge in [-0.1, -0.05) is 0 Å². The zero-order chi connectivity index (χ0) is 12.6. The second-order valence-corrected chi connectivity index (χ2v) is 7.67. The van der Waals surface area contributed by atoms with Gasteiger partial charge in [0.05, 0.1) is 17.0 Å². The van der Waals surface area contributed by atoms with Gasteiger partial charge in [-0.05, 0) is 38.4 Å². The maximum Gasteiger partial charge on any atom is 0.151 e. The molecule has 3 nitrogen and oxygen atoms in total. The summed E-state index contributed by atoms with van der Waals surface area (Å²) in [4.78, 5) is 12.7. The van der Waals surface area contributed by atoms with Crippen LogP contribution in [0.2, 0.25) is 0 Å². The van der Waals surface area contributed by atoms with E-state index in [0.29, 0.717) is 12.4 Å². The maximum absolute atomic E-state index is 12.7. The van der Waals surface area contributed by atoms with Gasteiger partial charge in [-0.25, -0.2) is 0 Å². The highest BCUT2D eigenvalue weighted by Gasteiger charge is 2.47. The van der Waals surface area contributed by atoms with E-state index >= 15 is 0 Å². The van der Waals surface area contributed by atoms with E-state index in [2.05, 4.69) is 6.92 Å². The first kappa shape index (κ1) is 12.9. The van der Waals surface area contributed by atoms with Gasteiger partial charge in [-0.3, -0.25) is 4.79 Å². The van der Waals surface area contributed by atoms with Gasteiger partial charge in [0.25, 0.3) is 0 Å². The van der Waals surface area contributed by atoms with Crippen LogP contribution in [0.5, 0.6) is 0 Å². The van der Waals surface area contributed by atoms with Gasteiger partial charge in [0.1, 0.15) is 0 Å². The van der Waals surface area contributed by atoms with Crippen LogP contribution < -0.4 is 0 Å². The Hall–Kier alpha value is -0.0600. The zero-order valence-corrected chi connectivity index (χ0v) is 11.9. The number of ketones is 1. The molecule has 3 fully saturated rings. The lowest BCUT2D eigenvalue weighted by Crippen LogP contribution is -2.46. The Labute approximate surface area is 113 Å². The minimum atomic E-state index is -0.141. The third-order valence-electron chi connectivity index (χ3n) is 4.67. The lowest BCUT2D eigenvalue weighted by atomic mass is 9.79. The van der Waals surface area contributed by atoms with Gasteiger partial charge in [0.15, 0.2) is 5.78 Å². The number of ether oxygens (including phenoxy) is 2. The lowest BCUT2D eigenvalue weighted by molar-refractivity contribution is -0.139. The molecule has 0 aliphatic carbocycles. The Morgan fingerprint density at radius 1 is 1.33 bits per heavy atom. The van der Waals surface area contributed by atoms with Crippen LogP contribution in [0.15, 0.2) is 0 Å². The largest absolute Gasteiger partial charge is 0.378 e. The summed E-state index contributed by atoms with van der Waals surface area (Å²) in [6.07, 6.45) is 4.97. The molecule has 4 heteroatoms. The summed E-state index contributed by atoms with van der Waals surface area (Å²) in [5, 5.41) is 0. The molecule has 3 aliphatic rings. The van der Waals surface area contributed by atoms with E-state index in [-0.39, 0.29) is 16.3 Å². The molecule has 102 valence electrons. The lowest BCUT2D eigenvalue weighted by Gasteiger charge is -2.38. The van der Waals surface area contributed by atoms with Crippen LogP contribution in [0.1, 0.15) is 39.0 Å². The molecule has 18 heavy (non-hydrogen) atoms. The van der Waals surface area contributed by atoms with Crippen molar-refractivity contribution in [2.45, 2.75) is 49.4 Å². The van der Waals surface area contributed by atoms with Gasteiger partial charge in [-0.15, -0.1) is 11.8 Å². The summed E-state index contributed by atoms with van der Waals surface area (Å²) < 4.78 is 11.3. The summed E-state index contributed by atoms with van der Waals surface area (Å²) in [6, 6.07) is 0. The standard InChI is InChI=1S/C14H22O3S/c1-13(4-2-8-18-13)12(15)11-3-6-17-14(9-11)5-7-16-10-14/h11H,2-10H2,1H3. The number of hydrogen-bond donors (Lipinski definition) is 0. The Morgan fingerprint density at radius 2 is 2.22 bits per heavy atom. The number of Topliss-reactive ketones (excluding diaryl/α,β-unsaturated/α-hetero) is 1. The van der Waals surface area contributed by atoms with Crippen molar-refractivity contribution in [3.63, 3.8) is 0 Å². The zero-order valence-electron chi connectivity index (χ0n) is 11.1. The van der Waals surface area contributed by atoms with E-state index in [0.717, 1.165) is 44.6 Å². The van der Waals surface area contributed by atoms with Gasteiger partial charge in [0, 0.05) is 25.6 Å². The van der Waals surface area contributed by atoms with Crippen LogP contribution in [-0.2, 0) is 14.3 Å². The molecule has 0 aromatic heterocycles. The molecule has 0 aromatic carbocycles. The molecule has 0 radical (unpaired) electrons. The fourth-order valence-electron chi connectivity index (χ4n) is 3.52. The number of carbonyl (C=O) groups is 1. The number of rotatable bonds is 2. The first-order valence-electron chi connectivity index (χ1n) is 7.04. The molecule has 3 atom stereocenters. The molecular weight excluding hydrogens is 248 g/mol. The third kappa shape index (κ3) is 2.23. The predicted molar refractivity (Wildman–Crippen MR) is 71.9 cm³/mol. The Balaban J connectivity index is 1.70. The predicted octanol–water partition coefficient (Wildman–Crippen LogP) is 2.43. The fraction of sp³-hybridized carbons (Fsp3) is 0.929. The number of carbonyl (C=O) groups excluding carboxylic acids is 1. The van der Waals surface area contributed by atoms with Crippen molar-refractivity contribution in [2.75, 3.05) is 25.6 Å². The quantitative estimate of drug-likeness (QED) is 0.772. The highest BCUT2D eigenvalue weighted by atomic mass is 32.2. The van der Waals surface area contributed by atoms with E-state index in [1.807, 2.05) is 11.8 Å². The Kier molecular flexibility index (Phi) is 3.45. The van der Waals surface area contributed by atoms with Crippen molar-refractivity contribution < 1.29 is 14.3 Å². The molecule has 0 saturated carbocycles. The average molecular weight is 270 g/mol. The van der Waals surface area contributed by atoms with Crippen molar-refractivity contribution in [1.29, 1.82) is 0 Å². The molecule has 3 rings (SSSR count). The third-order valence-corrected chi connectivity index (χ3v) is 6.21. The highest BCUT2D eigenvalue weighted by Crippen LogP contribution is 2.44. The summed E-state index contributed by atoms with van der Waals surface area (Å²) >= 11 is 1.86.